The zero-order valence-corrected chi connectivity index (χ0v) is 11.4. The molecule has 3 nitrogen and oxygen atoms in total. The van der Waals surface area contributed by atoms with Crippen molar-refractivity contribution in [3.8, 4) is 5.75 Å². The summed E-state index contributed by atoms with van der Waals surface area (Å²) in [4.78, 5) is 12.0. The van der Waals surface area contributed by atoms with Gasteiger partial charge in [-0.1, -0.05) is 30.3 Å². The van der Waals surface area contributed by atoms with Crippen molar-refractivity contribution in [3.05, 3.63) is 42.0 Å². The maximum absolute atomic E-state index is 12.0. The van der Waals surface area contributed by atoms with Crippen LogP contribution in [0, 0.1) is 0 Å². The van der Waals surface area contributed by atoms with Crippen LogP contribution in [0.3, 0.4) is 0 Å². The Bertz CT molecular complexity index is 602. The lowest BCUT2D eigenvalue weighted by molar-refractivity contribution is -0.148. The van der Waals surface area contributed by atoms with E-state index in [0.29, 0.717) is 0 Å². The van der Waals surface area contributed by atoms with Crippen LogP contribution in [-0.4, -0.2) is 17.2 Å². The minimum Gasteiger partial charge on any atom is -0.507 e. The summed E-state index contributed by atoms with van der Waals surface area (Å²) in [6, 6.07) is 10.9. The molecule has 100 valence electrons. The molecule has 0 amide bonds. The third-order valence-electron chi connectivity index (χ3n) is 3.11. The van der Waals surface area contributed by atoms with Crippen LogP contribution in [0.4, 0.5) is 0 Å². The lowest BCUT2D eigenvalue weighted by atomic mass is 9.94. The molecular weight excluding hydrogens is 240 g/mol. The van der Waals surface area contributed by atoms with Gasteiger partial charge >= 0.3 is 5.97 Å². The number of hydrogen-bond donors (Lipinski definition) is 1. The van der Waals surface area contributed by atoms with E-state index in [2.05, 4.69) is 0 Å². The van der Waals surface area contributed by atoms with Gasteiger partial charge in [0.05, 0.1) is 12.0 Å². The van der Waals surface area contributed by atoms with Crippen LogP contribution in [0.25, 0.3) is 10.8 Å². The molecule has 0 saturated heterocycles. The smallest absolute Gasteiger partial charge is 0.313 e. The summed E-state index contributed by atoms with van der Waals surface area (Å²) in [6.07, 6.45) is -0.127. The minimum absolute atomic E-state index is 0.127. The Morgan fingerprint density at radius 2 is 1.68 bits per heavy atom. The maximum Gasteiger partial charge on any atom is 0.313 e. The molecule has 0 aliphatic carbocycles. The fraction of sp³-hybridized carbons (Fsp3) is 0.312. The largest absolute Gasteiger partial charge is 0.507 e. The van der Waals surface area contributed by atoms with Crippen molar-refractivity contribution in [2.75, 3.05) is 0 Å². The molecule has 0 spiro atoms. The molecule has 0 aromatic heterocycles. The van der Waals surface area contributed by atoms with Gasteiger partial charge in [-0.05, 0) is 37.8 Å². The highest BCUT2D eigenvalue weighted by molar-refractivity contribution is 5.94. The van der Waals surface area contributed by atoms with E-state index in [0.717, 1.165) is 16.3 Å². The molecular formula is C16H18O3. The fourth-order valence-corrected chi connectivity index (χ4v) is 2.15. The van der Waals surface area contributed by atoms with Crippen LogP contribution in [0.2, 0.25) is 0 Å². The second kappa shape index (κ2) is 5.31. The fourth-order valence-electron chi connectivity index (χ4n) is 2.15. The van der Waals surface area contributed by atoms with Gasteiger partial charge in [0.2, 0.25) is 0 Å². The summed E-state index contributed by atoms with van der Waals surface area (Å²) < 4.78 is 5.24. The first-order valence-electron chi connectivity index (χ1n) is 6.41. The molecule has 0 bridgehead atoms. The Morgan fingerprint density at radius 1 is 1.05 bits per heavy atom. The van der Waals surface area contributed by atoms with E-state index in [1.165, 1.54) is 0 Å². The molecule has 0 aliphatic rings. The van der Waals surface area contributed by atoms with Crippen LogP contribution < -0.4 is 0 Å². The highest BCUT2D eigenvalue weighted by atomic mass is 16.5. The summed E-state index contributed by atoms with van der Waals surface area (Å²) in [7, 11) is 0. The van der Waals surface area contributed by atoms with Crippen molar-refractivity contribution in [1.82, 2.24) is 0 Å². The summed E-state index contributed by atoms with van der Waals surface area (Å²) in [5, 5.41) is 11.5. The molecule has 0 heterocycles. The van der Waals surface area contributed by atoms with E-state index < -0.39 is 0 Å². The number of hydrogen-bond acceptors (Lipinski definition) is 3. The van der Waals surface area contributed by atoms with Crippen molar-refractivity contribution < 1.29 is 14.6 Å². The molecule has 0 fully saturated rings. The third-order valence-corrected chi connectivity index (χ3v) is 3.11. The van der Waals surface area contributed by atoms with Gasteiger partial charge in [-0.3, -0.25) is 4.79 Å². The van der Waals surface area contributed by atoms with Crippen LogP contribution in [0.1, 0.15) is 32.3 Å². The topological polar surface area (TPSA) is 46.5 Å². The number of rotatable bonds is 3. The van der Waals surface area contributed by atoms with Gasteiger partial charge in [0, 0.05) is 5.39 Å². The number of phenolic OH excluding ortho intramolecular Hbond substituents is 1. The molecule has 0 radical (unpaired) electrons. The molecule has 3 heteroatoms. The first-order valence-corrected chi connectivity index (χ1v) is 6.41. The second-order valence-electron chi connectivity index (χ2n) is 4.93. The normalized spacial score (nSPS) is 12.6. The van der Waals surface area contributed by atoms with Crippen LogP contribution in [0.15, 0.2) is 36.4 Å². The van der Waals surface area contributed by atoms with Gasteiger partial charge in [0.25, 0.3) is 0 Å². The lowest BCUT2D eigenvalue weighted by Gasteiger charge is -2.16. The molecule has 19 heavy (non-hydrogen) atoms. The van der Waals surface area contributed by atoms with E-state index in [-0.39, 0.29) is 23.7 Å². The average Bonchev–Trinajstić information content (AvgIpc) is 2.38. The summed E-state index contributed by atoms with van der Waals surface area (Å²) in [6.45, 7) is 5.49. The van der Waals surface area contributed by atoms with Crippen molar-refractivity contribution in [1.29, 1.82) is 0 Å². The van der Waals surface area contributed by atoms with E-state index in [4.69, 9.17) is 4.74 Å². The zero-order chi connectivity index (χ0) is 14.0. The Morgan fingerprint density at radius 3 is 2.32 bits per heavy atom. The molecule has 0 aliphatic heterocycles. The van der Waals surface area contributed by atoms with Crippen LogP contribution >= 0.6 is 0 Å². The second-order valence-corrected chi connectivity index (χ2v) is 4.93. The Hall–Kier alpha value is -2.03. The molecule has 1 N–H and O–H groups in total. The highest BCUT2D eigenvalue weighted by Gasteiger charge is 2.20. The number of ether oxygens (including phenoxy) is 1. The monoisotopic (exact) mass is 258 g/mol. The quantitative estimate of drug-likeness (QED) is 0.856. The first-order chi connectivity index (χ1) is 9.00. The minimum atomic E-state index is -0.354. The Kier molecular flexibility index (Phi) is 3.74. The van der Waals surface area contributed by atoms with Crippen molar-refractivity contribution in [3.63, 3.8) is 0 Å². The SMILES string of the molecule is CC(C)OC(=O)C(C)c1ccc(O)c2ccccc12. The number of esters is 1. The van der Waals surface area contributed by atoms with Gasteiger partial charge in [0.15, 0.2) is 0 Å². The van der Waals surface area contributed by atoms with Crippen molar-refractivity contribution in [2.24, 2.45) is 0 Å². The summed E-state index contributed by atoms with van der Waals surface area (Å²) in [5.41, 5.74) is 0.874. The number of fused-ring (bicyclic) bond motifs is 1. The van der Waals surface area contributed by atoms with Gasteiger partial charge < -0.3 is 9.84 Å². The Labute approximate surface area is 112 Å². The van der Waals surface area contributed by atoms with E-state index in [9.17, 15) is 9.90 Å². The predicted molar refractivity (Wildman–Crippen MR) is 75.3 cm³/mol. The van der Waals surface area contributed by atoms with Crippen LogP contribution in [-0.2, 0) is 9.53 Å². The third kappa shape index (κ3) is 2.70. The number of carbonyl (C=O) groups is 1. The van der Waals surface area contributed by atoms with E-state index in [1.807, 2.05) is 45.0 Å². The molecule has 2 aromatic carbocycles. The van der Waals surface area contributed by atoms with E-state index in [1.54, 1.807) is 12.1 Å². The summed E-state index contributed by atoms with van der Waals surface area (Å²) in [5.74, 6) is -0.373. The number of phenols is 1. The lowest BCUT2D eigenvalue weighted by Crippen LogP contribution is -2.17. The molecule has 2 rings (SSSR count). The van der Waals surface area contributed by atoms with E-state index >= 15 is 0 Å². The zero-order valence-electron chi connectivity index (χ0n) is 11.4. The number of aromatic hydroxyl groups is 1. The Balaban J connectivity index is 2.45. The van der Waals surface area contributed by atoms with Crippen LogP contribution in [0.5, 0.6) is 5.75 Å². The molecule has 1 atom stereocenters. The molecule has 1 unspecified atom stereocenters. The van der Waals surface area contributed by atoms with Gasteiger partial charge in [0.1, 0.15) is 5.75 Å². The van der Waals surface area contributed by atoms with Crippen molar-refractivity contribution in [2.45, 2.75) is 32.8 Å². The average molecular weight is 258 g/mol. The number of carbonyl (C=O) groups excluding carboxylic acids is 1. The standard InChI is InChI=1S/C16H18O3/c1-10(2)19-16(18)11(3)12-8-9-15(17)14-7-5-4-6-13(12)14/h4-11,17H,1-3H3. The molecule has 2 aromatic rings. The first kappa shape index (κ1) is 13.4. The highest BCUT2D eigenvalue weighted by Crippen LogP contribution is 2.32. The van der Waals surface area contributed by atoms with Gasteiger partial charge in [-0.2, -0.15) is 0 Å². The number of benzene rings is 2. The van der Waals surface area contributed by atoms with Crippen molar-refractivity contribution >= 4 is 16.7 Å². The molecule has 0 saturated carbocycles. The van der Waals surface area contributed by atoms with Gasteiger partial charge in [-0.15, -0.1) is 0 Å². The maximum atomic E-state index is 12.0. The van der Waals surface area contributed by atoms with Gasteiger partial charge in [-0.25, -0.2) is 0 Å². The summed E-state index contributed by atoms with van der Waals surface area (Å²) >= 11 is 0. The predicted octanol–water partition coefficient (Wildman–Crippen LogP) is 3.60.